The first kappa shape index (κ1) is 8.62. The lowest BCUT2D eigenvalue weighted by Crippen LogP contribution is -1.78. The van der Waals surface area contributed by atoms with Gasteiger partial charge in [-0.2, -0.15) is 0 Å². The van der Waals surface area contributed by atoms with Gasteiger partial charge in [0.15, 0.2) is 5.58 Å². The molecule has 0 aliphatic rings. The monoisotopic (exact) mass is 217 g/mol. The number of nitrogens with one attached hydrogen (secondary N) is 1. The van der Waals surface area contributed by atoms with Crippen molar-refractivity contribution in [1.82, 2.24) is 0 Å². The number of fused-ring (bicyclic) bond motifs is 3. The maximum Gasteiger partial charge on any atom is 0.159 e. The number of anilines is 1. The quantitative estimate of drug-likeness (QED) is 0.620. The Morgan fingerprint density at radius 1 is 0.933 bits per heavy atom. The summed E-state index contributed by atoms with van der Waals surface area (Å²) in [5.74, 6) is 0. The topological polar surface area (TPSA) is 25.2 Å². The molecule has 0 amide bonds. The van der Waals surface area contributed by atoms with Crippen molar-refractivity contribution >= 4 is 39.4 Å². The predicted molar refractivity (Wildman–Crippen MR) is 63.2 cm³/mol. The van der Waals surface area contributed by atoms with Gasteiger partial charge in [0.25, 0.3) is 0 Å². The lowest BCUT2D eigenvalue weighted by atomic mass is 10.1. The van der Waals surface area contributed by atoms with Crippen LogP contribution in [0.4, 0.5) is 5.69 Å². The maximum atomic E-state index is 5.73. The van der Waals surface area contributed by atoms with E-state index in [1.165, 1.54) is 0 Å². The van der Waals surface area contributed by atoms with Gasteiger partial charge in [0, 0.05) is 22.5 Å². The molecule has 1 heterocycles. The number of para-hydroxylation sites is 2. The van der Waals surface area contributed by atoms with Gasteiger partial charge in [0.05, 0.1) is 5.69 Å². The van der Waals surface area contributed by atoms with Crippen molar-refractivity contribution in [3.05, 3.63) is 42.5 Å². The van der Waals surface area contributed by atoms with Crippen molar-refractivity contribution in [2.75, 3.05) is 4.84 Å². The van der Waals surface area contributed by atoms with Gasteiger partial charge >= 0.3 is 0 Å². The number of hydrogen-bond acceptors (Lipinski definition) is 2. The molecule has 3 aromatic rings. The normalized spacial score (nSPS) is 11.0. The van der Waals surface area contributed by atoms with E-state index in [2.05, 4.69) is 4.84 Å². The molecule has 1 aromatic heterocycles. The summed E-state index contributed by atoms with van der Waals surface area (Å²) in [5.41, 5.74) is 2.48. The number of rotatable bonds is 1. The standard InChI is InChI=1S/C12H8ClNO/c13-14-10-6-3-5-9-8-4-1-2-7-11(8)15-12(9)10/h1-7,14H. The fourth-order valence-corrected chi connectivity index (χ4v) is 1.97. The average Bonchev–Trinajstić information content (AvgIpc) is 2.67. The summed E-state index contributed by atoms with van der Waals surface area (Å²) in [6.07, 6.45) is 0. The maximum absolute atomic E-state index is 5.73. The molecule has 1 N–H and O–H groups in total. The molecule has 0 fully saturated rings. The van der Waals surface area contributed by atoms with Crippen molar-refractivity contribution in [2.24, 2.45) is 0 Å². The van der Waals surface area contributed by atoms with Crippen LogP contribution in [0, 0.1) is 0 Å². The molecule has 74 valence electrons. The Balaban J connectivity index is 2.53. The van der Waals surface area contributed by atoms with Crippen molar-refractivity contribution in [2.45, 2.75) is 0 Å². The molecule has 3 rings (SSSR count). The Kier molecular flexibility index (Phi) is 1.82. The minimum atomic E-state index is 0.797. The molecule has 2 aromatic carbocycles. The highest BCUT2D eigenvalue weighted by Gasteiger charge is 2.08. The Morgan fingerprint density at radius 2 is 1.73 bits per heavy atom. The van der Waals surface area contributed by atoms with Crippen LogP contribution in [-0.2, 0) is 0 Å². The largest absolute Gasteiger partial charge is 0.454 e. The molecule has 0 saturated carbocycles. The SMILES string of the molecule is ClNc1cccc2c1oc1ccccc12. The van der Waals surface area contributed by atoms with Gasteiger partial charge in [-0.05, 0) is 12.1 Å². The Hall–Kier alpha value is -1.67. The van der Waals surface area contributed by atoms with Crippen LogP contribution in [0.15, 0.2) is 46.9 Å². The molecule has 3 heteroatoms. The second-order valence-corrected chi connectivity index (χ2v) is 3.56. The van der Waals surface area contributed by atoms with E-state index in [9.17, 15) is 0 Å². The zero-order valence-corrected chi connectivity index (χ0v) is 8.58. The lowest BCUT2D eigenvalue weighted by molar-refractivity contribution is 0.670. The summed E-state index contributed by atoms with van der Waals surface area (Å²) in [6.45, 7) is 0. The van der Waals surface area contributed by atoms with Crippen LogP contribution in [0.3, 0.4) is 0 Å². The van der Waals surface area contributed by atoms with Gasteiger partial charge in [-0.25, -0.2) is 0 Å². The minimum Gasteiger partial charge on any atom is -0.454 e. The van der Waals surface area contributed by atoms with Gasteiger partial charge < -0.3 is 4.42 Å². The van der Waals surface area contributed by atoms with Crippen LogP contribution < -0.4 is 4.84 Å². The van der Waals surface area contributed by atoms with Crippen molar-refractivity contribution in [1.29, 1.82) is 0 Å². The second kappa shape index (κ2) is 3.17. The Morgan fingerprint density at radius 3 is 2.60 bits per heavy atom. The van der Waals surface area contributed by atoms with E-state index in [1.54, 1.807) is 0 Å². The summed E-state index contributed by atoms with van der Waals surface area (Å²) >= 11 is 5.62. The van der Waals surface area contributed by atoms with E-state index in [0.29, 0.717) is 0 Å². The van der Waals surface area contributed by atoms with Gasteiger partial charge in [-0.3, -0.25) is 4.84 Å². The van der Waals surface area contributed by atoms with E-state index in [0.717, 1.165) is 27.6 Å². The molecule has 0 bridgehead atoms. The molecule has 0 spiro atoms. The summed E-state index contributed by atoms with van der Waals surface area (Å²) in [7, 11) is 0. The van der Waals surface area contributed by atoms with Crippen LogP contribution in [0.5, 0.6) is 0 Å². The van der Waals surface area contributed by atoms with Crippen LogP contribution in [-0.4, -0.2) is 0 Å². The first-order valence-corrected chi connectivity index (χ1v) is 5.05. The second-order valence-electron chi connectivity index (χ2n) is 3.37. The molecular formula is C12H8ClNO. The number of hydrogen-bond donors (Lipinski definition) is 1. The number of benzene rings is 2. The lowest BCUT2D eigenvalue weighted by Gasteiger charge is -1.96. The average molecular weight is 218 g/mol. The van der Waals surface area contributed by atoms with Crippen molar-refractivity contribution in [3.63, 3.8) is 0 Å². The molecule has 0 saturated heterocycles. The molecular weight excluding hydrogens is 210 g/mol. The van der Waals surface area contributed by atoms with Crippen LogP contribution in [0.2, 0.25) is 0 Å². The van der Waals surface area contributed by atoms with E-state index < -0.39 is 0 Å². The first-order chi connectivity index (χ1) is 7.40. The van der Waals surface area contributed by atoms with E-state index in [-0.39, 0.29) is 0 Å². The van der Waals surface area contributed by atoms with E-state index in [1.807, 2.05) is 42.5 Å². The molecule has 0 aliphatic heterocycles. The van der Waals surface area contributed by atoms with Crippen LogP contribution in [0.1, 0.15) is 0 Å². The molecule has 0 aliphatic carbocycles. The fraction of sp³-hybridized carbons (Fsp3) is 0. The first-order valence-electron chi connectivity index (χ1n) is 4.67. The van der Waals surface area contributed by atoms with Crippen LogP contribution in [0.25, 0.3) is 21.9 Å². The van der Waals surface area contributed by atoms with Gasteiger partial charge in [0.2, 0.25) is 0 Å². The molecule has 2 nitrogen and oxygen atoms in total. The van der Waals surface area contributed by atoms with Crippen molar-refractivity contribution in [3.8, 4) is 0 Å². The summed E-state index contributed by atoms with van der Waals surface area (Å²) in [6, 6.07) is 13.8. The highest BCUT2D eigenvalue weighted by atomic mass is 35.5. The third-order valence-electron chi connectivity index (χ3n) is 2.51. The minimum absolute atomic E-state index is 0.797. The molecule has 0 atom stereocenters. The van der Waals surface area contributed by atoms with Gasteiger partial charge in [-0.1, -0.05) is 30.3 Å². The van der Waals surface area contributed by atoms with E-state index in [4.69, 9.17) is 16.2 Å². The van der Waals surface area contributed by atoms with Gasteiger partial charge in [-0.15, -0.1) is 0 Å². The molecule has 0 radical (unpaired) electrons. The molecule has 15 heavy (non-hydrogen) atoms. The van der Waals surface area contributed by atoms with E-state index >= 15 is 0 Å². The van der Waals surface area contributed by atoms with Crippen molar-refractivity contribution < 1.29 is 4.42 Å². The predicted octanol–water partition coefficient (Wildman–Crippen LogP) is 4.15. The zero-order chi connectivity index (χ0) is 10.3. The third-order valence-corrected chi connectivity index (χ3v) is 2.71. The number of furan rings is 1. The highest BCUT2D eigenvalue weighted by molar-refractivity contribution is 6.26. The third kappa shape index (κ3) is 1.18. The smallest absolute Gasteiger partial charge is 0.159 e. The highest BCUT2D eigenvalue weighted by Crippen LogP contribution is 2.33. The summed E-state index contributed by atoms with van der Waals surface area (Å²) in [5, 5.41) is 2.19. The fourth-order valence-electron chi connectivity index (χ4n) is 1.82. The molecule has 0 unspecified atom stereocenters. The van der Waals surface area contributed by atoms with Crippen LogP contribution >= 0.6 is 11.8 Å². The number of halogens is 1. The Labute approximate surface area is 91.6 Å². The summed E-state index contributed by atoms with van der Waals surface area (Å²) < 4.78 is 5.73. The van der Waals surface area contributed by atoms with Gasteiger partial charge in [0.1, 0.15) is 5.58 Å². The Bertz CT molecular complexity index is 630. The summed E-state index contributed by atoms with van der Waals surface area (Å²) in [4.78, 5) is 2.61. The zero-order valence-electron chi connectivity index (χ0n) is 7.83.